The van der Waals surface area contributed by atoms with Gasteiger partial charge in [0.05, 0.1) is 12.1 Å². The molecule has 0 unspecified atom stereocenters. The van der Waals surface area contributed by atoms with Crippen molar-refractivity contribution < 1.29 is 5.11 Å². The summed E-state index contributed by atoms with van der Waals surface area (Å²) in [6.07, 6.45) is 6.13. The lowest BCUT2D eigenvalue weighted by Gasteiger charge is -2.25. The molecule has 0 fully saturated rings. The Balaban J connectivity index is 2.13. The number of hydrogen-bond donors (Lipinski definition) is 2. The molecule has 2 N–H and O–H groups in total. The van der Waals surface area contributed by atoms with Gasteiger partial charge in [-0.25, -0.2) is 0 Å². The minimum Gasteiger partial charge on any atom is -0.386 e. The SMILES string of the molecule is C#CCC[C@@H](Nc1ccccc1)[C@H](O)c1ccccc1. The van der Waals surface area contributed by atoms with Gasteiger partial charge in [-0.05, 0) is 24.1 Å². The molecule has 0 spiro atoms. The molecule has 0 radical (unpaired) electrons. The number of benzene rings is 2. The first kappa shape index (κ1) is 14.2. The normalized spacial score (nSPS) is 13.2. The van der Waals surface area contributed by atoms with Gasteiger partial charge in [-0.2, -0.15) is 0 Å². The molecule has 102 valence electrons. The Morgan fingerprint density at radius 3 is 2.20 bits per heavy atom. The van der Waals surface area contributed by atoms with Gasteiger partial charge in [0.25, 0.3) is 0 Å². The summed E-state index contributed by atoms with van der Waals surface area (Å²) in [7, 11) is 0. The molecule has 2 nitrogen and oxygen atoms in total. The number of aliphatic hydroxyl groups excluding tert-OH is 1. The number of nitrogens with one attached hydrogen (secondary N) is 1. The second-order valence-corrected chi connectivity index (χ2v) is 4.72. The summed E-state index contributed by atoms with van der Waals surface area (Å²) in [6, 6.07) is 19.4. The maximum atomic E-state index is 10.5. The molecular weight excluding hydrogens is 246 g/mol. The van der Waals surface area contributed by atoms with Crippen LogP contribution in [0.5, 0.6) is 0 Å². The Morgan fingerprint density at radius 1 is 1.00 bits per heavy atom. The molecule has 0 aliphatic rings. The van der Waals surface area contributed by atoms with Crippen LogP contribution >= 0.6 is 0 Å². The topological polar surface area (TPSA) is 32.3 Å². The van der Waals surface area contributed by atoms with Crippen molar-refractivity contribution in [3.05, 3.63) is 66.2 Å². The van der Waals surface area contributed by atoms with Crippen molar-refractivity contribution in [3.8, 4) is 12.3 Å². The molecule has 0 amide bonds. The number of para-hydroxylation sites is 1. The number of terminal acetylenes is 1. The van der Waals surface area contributed by atoms with Crippen LogP contribution in [0.25, 0.3) is 0 Å². The quantitative estimate of drug-likeness (QED) is 0.782. The van der Waals surface area contributed by atoms with E-state index in [0.717, 1.165) is 17.7 Å². The van der Waals surface area contributed by atoms with Crippen molar-refractivity contribution in [2.24, 2.45) is 0 Å². The smallest absolute Gasteiger partial charge is 0.0991 e. The molecule has 0 saturated carbocycles. The largest absolute Gasteiger partial charge is 0.386 e. The zero-order chi connectivity index (χ0) is 14.2. The number of anilines is 1. The molecule has 2 aromatic rings. The van der Waals surface area contributed by atoms with E-state index < -0.39 is 6.10 Å². The predicted molar refractivity (Wildman–Crippen MR) is 83.3 cm³/mol. The standard InChI is InChI=1S/C18H19NO/c1-2-3-14-17(19-16-12-8-5-9-13-16)18(20)15-10-6-4-7-11-15/h1,4-13,17-20H,3,14H2/t17-,18-/m1/s1. The van der Waals surface area contributed by atoms with Crippen LogP contribution in [0.2, 0.25) is 0 Å². The third kappa shape index (κ3) is 3.88. The Labute approximate surface area is 120 Å². The lowest BCUT2D eigenvalue weighted by atomic mass is 9.98. The highest BCUT2D eigenvalue weighted by Gasteiger charge is 2.20. The molecule has 2 aromatic carbocycles. The Kier molecular flexibility index (Phi) is 5.23. The van der Waals surface area contributed by atoms with Crippen LogP contribution in [0.3, 0.4) is 0 Å². The Hall–Kier alpha value is -2.24. The Morgan fingerprint density at radius 2 is 1.60 bits per heavy atom. The number of aliphatic hydroxyl groups is 1. The van der Waals surface area contributed by atoms with Crippen LogP contribution in [-0.4, -0.2) is 11.1 Å². The van der Waals surface area contributed by atoms with Gasteiger partial charge in [0.2, 0.25) is 0 Å². The third-order valence-corrected chi connectivity index (χ3v) is 3.25. The van der Waals surface area contributed by atoms with E-state index in [-0.39, 0.29) is 6.04 Å². The average Bonchev–Trinajstić information content (AvgIpc) is 2.52. The van der Waals surface area contributed by atoms with E-state index in [1.54, 1.807) is 0 Å². The van der Waals surface area contributed by atoms with Crippen LogP contribution < -0.4 is 5.32 Å². The van der Waals surface area contributed by atoms with Crippen molar-refractivity contribution in [1.29, 1.82) is 0 Å². The van der Waals surface area contributed by atoms with E-state index in [1.807, 2.05) is 60.7 Å². The first-order valence-electron chi connectivity index (χ1n) is 6.79. The van der Waals surface area contributed by atoms with Gasteiger partial charge in [0.15, 0.2) is 0 Å². The first-order chi connectivity index (χ1) is 9.81. The van der Waals surface area contributed by atoms with Crippen LogP contribution in [0.4, 0.5) is 5.69 Å². The van der Waals surface area contributed by atoms with E-state index in [1.165, 1.54) is 0 Å². The van der Waals surface area contributed by atoms with Gasteiger partial charge in [-0.15, -0.1) is 12.3 Å². The summed E-state index contributed by atoms with van der Waals surface area (Å²) in [5, 5.41) is 13.9. The minimum absolute atomic E-state index is 0.101. The fourth-order valence-corrected chi connectivity index (χ4v) is 2.18. The lowest BCUT2D eigenvalue weighted by molar-refractivity contribution is 0.151. The molecule has 0 aliphatic heterocycles. The number of hydrogen-bond acceptors (Lipinski definition) is 2. The fraction of sp³-hybridized carbons (Fsp3) is 0.222. The van der Waals surface area contributed by atoms with Crippen LogP contribution in [0.1, 0.15) is 24.5 Å². The molecule has 2 rings (SSSR count). The molecule has 0 bridgehead atoms. The van der Waals surface area contributed by atoms with Gasteiger partial charge in [-0.3, -0.25) is 0 Å². The maximum Gasteiger partial charge on any atom is 0.0991 e. The predicted octanol–water partition coefficient (Wildman–Crippen LogP) is 3.61. The second-order valence-electron chi connectivity index (χ2n) is 4.72. The lowest BCUT2D eigenvalue weighted by Crippen LogP contribution is -2.27. The fourth-order valence-electron chi connectivity index (χ4n) is 2.18. The number of rotatable bonds is 6. The highest BCUT2D eigenvalue weighted by Crippen LogP contribution is 2.23. The average molecular weight is 265 g/mol. The molecular formula is C18H19NO. The molecule has 0 aliphatic carbocycles. The molecule has 2 atom stereocenters. The van der Waals surface area contributed by atoms with Crippen molar-refractivity contribution in [1.82, 2.24) is 0 Å². The zero-order valence-corrected chi connectivity index (χ0v) is 11.4. The molecule has 0 aromatic heterocycles. The van der Waals surface area contributed by atoms with Gasteiger partial charge in [0.1, 0.15) is 0 Å². The minimum atomic E-state index is -0.579. The van der Waals surface area contributed by atoms with E-state index in [4.69, 9.17) is 6.42 Å². The zero-order valence-electron chi connectivity index (χ0n) is 11.4. The Bertz CT molecular complexity index is 545. The summed E-state index contributed by atoms with van der Waals surface area (Å²) in [6.45, 7) is 0. The van der Waals surface area contributed by atoms with E-state index in [0.29, 0.717) is 6.42 Å². The van der Waals surface area contributed by atoms with Crippen LogP contribution in [0, 0.1) is 12.3 Å². The van der Waals surface area contributed by atoms with Gasteiger partial charge in [0, 0.05) is 12.1 Å². The van der Waals surface area contributed by atoms with Gasteiger partial charge in [-0.1, -0.05) is 48.5 Å². The van der Waals surface area contributed by atoms with Crippen molar-refractivity contribution >= 4 is 5.69 Å². The third-order valence-electron chi connectivity index (χ3n) is 3.25. The van der Waals surface area contributed by atoms with Gasteiger partial charge >= 0.3 is 0 Å². The molecule has 0 saturated heterocycles. The first-order valence-corrected chi connectivity index (χ1v) is 6.79. The summed E-state index contributed by atoms with van der Waals surface area (Å²) in [5.74, 6) is 2.64. The monoisotopic (exact) mass is 265 g/mol. The molecule has 2 heteroatoms. The maximum absolute atomic E-state index is 10.5. The summed E-state index contributed by atoms with van der Waals surface area (Å²) in [4.78, 5) is 0. The highest BCUT2D eigenvalue weighted by atomic mass is 16.3. The van der Waals surface area contributed by atoms with E-state index in [9.17, 15) is 5.11 Å². The van der Waals surface area contributed by atoms with Crippen LogP contribution in [0.15, 0.2) is 60.7 Å². The van der Waals surface area contributed by atoms with Crippen LogP contribution in [-0.2, 0) is 0 Å². The summed E-state index contributed by atoms with van der Waals surface area (Å²) < 4.78 is 0. The molecule has 20 heavy (non-hydrogen) atoms. The van der Waals surface area contributed by atoms with Gasteiger partial charge < -0.3 is 10.4 Å². The van der Waals surface area contributed by atoms with Crippen molar-refractivity contribution in [2.45, 2.75) is 25.0 Å². The second kappa shape index (κ2) is 7.37. The summed E-state index contributed by atoms with van der Waals surface area (Å²) >= 11 is 0. The summed E-state index contributed by atoms with van der Waals surface area (Å²) in [5.41, 5.74) is 1.89. The van der Waals surface area contributed by atoms with Crippen molar-refractivity contribution in [3.63, 3.8) is 0 Å². The van der Waals surface area contributed by atoms with Crippen molar-refractivity contribution in [2.75, 3.05) is 5.32 Å². The molecule has 0 heterocycles. The van der Waals surface area contributed by atoms with E-state index >= 15 is 0 Å². The van der Waals surface area contributed by atoms with E-state index in [2.05, 4.69) is 11.2 Å². The highest BCUT2D eigenvalue weighted by molar-refractivity contribution is 5.44.